The van der Waals surface area contributed by atoms with E-state index < -0.39 is 0 Å². The molecule has 1 amide bonds. The zero-order chi connectivity index (χ0) is 12.9. The van der Waals surface area contributed by atoms with Crippen molar-refractivity contribution in [3.63, 3.8) is 0 Å². The summed E-state index contributed by atoms with van der Waals surface area (Å²) < 4.78 is 0. The summed E-state index contributed by atoms with van der Waals surface area (Å²) in [6, 6.07) is 0. The van der Waals surface area contributed by atoms with Crippen LogP contribution in [0.25, 0.3) is 0 Å². The summed E-state index contributed by atoms with van der Waals surface area (Å²) in [6.45, 7) is 3.97. The first-order valence-corrected chi connectivity index (χ1v) is 7.96. The van der Waals surface area contributed by atoms with Crippen LogP contribution in [0.2, 0.25) is 0 Å². The van der Waals surface area contributed by atoms with E-state index >= 15 is 0 Å². The van der Waals surface area contributed by atoms with Gasteiger partial charge in [0.05, 0.1) is 0 Å². The normalized spacial score (nSPS) is 33.4. The summed E-state index contributed by atoms with van der Waals surface area (Å²) in [4.78, 5) is 16.8. The van der Waals surface area contributed by atoms with Gasteiger partial charge in [-0.25, -0.2) is 0 Å². The van der Waals surface area contributed by atoms with Crippen molar-refractivity contribution in [3.05, 3.63) is 5.51 Å². The molecule has 2 unspecified atom stereocenters. The fourth-order valence-corrected chi connectivity index (χ4v) is 4.26. The van der Waals surface area contributed by atoms with E-state index in [1.165, 1.54) is 12.8 Å². The Morgan fingerprint density at radius 1 is 1.37 bits per heavy atom. The van der Waals surface area contributed by atoms with Gasteiger partial charge < -0.3 is 9.80 Å². The number of hydrogen-bond donors (Lipinski definition) is 0. The monoisotopic (exact) mass is 278 g/mol. The Morgan fingerprint density at radius 2 is 2.21 bits per heavy atom. The van der Waals surface area contributed by atoms with Crippen LogP contribution in [0.3, 0.4) is 0 Å². The Balaban J connectivity index is 1.43. The van der Waals surface area contributed by atoms with E-state index in [0.29, 0.717) is 5.91 Å². The number of hydrogen-bond acceptors (Lipinski definition) is 5. The van der Waals surface area contributed by atoms with Crippen molar-refractivity contribution >= 4 is 22.4 Å². The number of carbonyl (C=O) groups is 1. The van der Waals surface area contributed by atoms with Crippen LogP contribution in [0.1, 0.15) is 25.7 Å². The lowest BCUT2D eigenvalue weighted by Crippen LogP contribution is -2.31. The summed E-state index contributed by atoms with van der Waals surface area (Å²) in [5.74, 6) is 0.695. The van der Waals surface area contributed by atoms with Gasteiger partial charge in [-0.1, -0.05) is 11.3 Å². The summed E-state index contributed by atoms with van der Waals surface area (Å²) >= 11 is 1.59. The van der Waals surface area contributed by atoms with E-state index in [9.17, 15) is 4.79 Å². The van der Waals surface area contributed by atoms with Gasteiger partial charge in [0, 0.05) is 37.5 Å². The molecule has 2 atom stereocenters. The first-order chi connectivity index (χ1) is 9.28. The van der Waals surface area contributed by atoms with Gasteiger partial charge in [0.25, 0.3) is 0 Å². The van der Waals surface area contributed by atoms with Gasteiger partial charge in [-0.2, -0.15) is 0 Å². The smallest absolute Gasteiger partial charge is 0.226 e. The molecule has 102 valence electrons. The number of aromatic nitrogens is 2. The van der Waals surface area contributed by atoms with Crippen LogP contribution in [0, 0.1) is 11.3 Å². The SMILES string of the molecule is O=C(C1CC12CCN(c1nncs1)C2)N1CCCC1. The molecule has 4 rings (SSSR count). The number of amides is 1. The number of anilines is 1. The van der Waals surface area contributed by atoms with Crippen molar-refractivity contribution < 1.29 is 4.79 Å². The lowest BCUT2D eigenvalue weighted by molar-refractivity contribution is -0.132. The molecule has 3 fully saturated rings. The van der Waals surface area contributed by atoms with Crippen LogP contribution in [0.15, 0.2) is 5.51 Å². The van der Waals surface area contributed by atoms with Crippen LogP contribution >= 0.6 is 11.3 Å². The maximum atomic E-state index is 12.4. The Hall–Kier alpha value is -1.17. The second-order valence-electron chi connectivity index (χ2n) is 6.04. The maximum Gasteiger partial charge on any atom is 0.226 e. The Labute approximate surface area is 116 Å². The number of carbonyl (C=O) groups excluding carboxylic acids is 1. The van der Waals surface area contributed by atoms with E-state index in [4.69, 9.17) is 0 Å². The van der Waals surface area contributed by atoms with Gasteiger partial charge in [0.15, 0.2) is 0 Å². The van der Waals surface area contributed by atoms with Crippen molar-refractivity contribution in [1.29, 1.82) is 0 Å². The van der Waals surface area contributed by atoms with Crippen molar-refractivity contribution in [2.24, 2.45) is 11.3 Å². The molecular formula is C13H18N4OS. The second kappa shape index (κ2) is 4.16. The minimum atomic E-state index is 0.255. The molecule has 1 aromatic heterocycles. The van der Waals surface area contributed by atoms with E-state index in [1.54, 1.807) is 16.8 Å². The lowest BCUT2D eigenvalue weighted by atomic mass is 10.0. The van der Waals surface area contributed by atoms with E-state index in [-0.39, 0.29) is 11.3 Å². The molecule has 1 spiro atoms. The Kier molecular flexibility index (Phi) is 2.55. The molecule has 1 saturated carbocycles. The third-order valence-corrected chi connectivity index (χ3v) is 5.66. The third-order valence-electron chi connectivity index (χ3n) is 4.91. The molecule has 6 heteroatoms. The summed E-state index contributed by atoms with van der Waals surface area (Å²) in [5.41, 5.74) is 2.03. The van der Waals surface area contributed by atoms with E-state index in [0.717, 1.165) is 44.2 Å². The van der Waals surface area contributed by atoms with Crippen molar-refractivity contribution in [1.82, 2.24) is 15.1 Å². The number of likely N-dealkylation sites (tertiary alicyclic amines) is 1. The average Bonchev–Trinajstić information content (AvgIpc) is 2.96. The zero-order valence-electron chi connectivity index (χ0n) is 10.9. The van der Waals surface area contributed by atoms with Gasteiger partial charge in [0.1, 0.15) is 5.51 Å². The predicted octanol–water partition coefficient (Wildman–Crippen LogP) is 1.38. The molecule has 0 radical (unpaired) electrons. The van der Waals surface area contributed by atoms with Crippen LogP contribution in [-0.2, 0) is 4.79 Å². The number of rotatable bonds is 2. The predicted molar refractivity (Wildman–Crippen MR) is 73.1 cm³/mol. The van der Waals surface area contributed by atoms with Crippen molar-refractivity contribution in [2.75, 3.05) is 31.1 Å². The van der Waals surface area contributed by atoms with Gasteiger partial charge in [0.2, 0.25) is 11.0 Å². The lowest BCUT2D eigenvalue weighted by Gasteiger charge is -2.18. The first-order valence-electron chi connectivity index (χ1n) is 7.08. The van der Waals surface area contributed by atoms with Crippen LogP contribution < -0.4 is 4.90 Å². The quantitative estimate of drug-likeness (QED) is 0.820. The minimum Gasteiger partial charge on any atom is -0.346 e. The zero-order valence-corrected chi connectivity index (χ0v) is 11.7. The molecule has 19 heavy (non-hydrogen) atoms. The van der Waals surface area contributed by atoms with Gasteiger partial charge in [-0.3, -0.25) is 4.79 Å². The maximum absolute atomic E-state index is 12.4. The van der Waals surface area contributed by atoms with Gasteiger partial charge in [-0.05, 0) is 25.7 Å². The molecule has 5 nitrogen and oxygen atoms in total. The van der Waals surface area contributed by atoms with E-state index in [1.807, 2.05) is 0 Å². The summed E-state index contributed by atoms with van der Waals surface area (Å²) in [7, 11) is 0. The average molecular weight is 278 g/mol. The second-order valence-corrected chi connectivity index (χ2v) is 6.86. The highest BCUT2D eigenvalue weighted by Crippen LogP contribution is 2.59. The highest BCUT2D eigenvalue weighted by Gasteiger charge is 2.61. The van der Waals surface area contributed by atoms with E-state index in [2.05, 4.69) is 20.0 Å². The van der Waals surface area contributed by atoms with Crippen LogP contribution in [0.4, 0.5) is 5.13 Å². The van der Waals surface area contributed by atoms with Crippen LogP contribution in [-0.4, -0.2) is 47.2 Å². The standard InChI is InChI=1S/C13H18N4OS/c18-11(16-4-1-2-5-16)10-7-13(10)3-6-17(8-13)12-15-14-9-19-12/h9-10H,1-8H2. The molecule has 3 aliphatic rings. The molecule has 2 aliphatic heterocycles. The highest BCUT2D eigenvalue weighted by molar-refractivity contribution is 7.13. The fraction of sp³-hybridized carbons (Fsp3) is 0.769. The van der Waals surface area contributed by atoms with Crippen LogP contribution in [0.5, 0.6) is 0 Å². The molecular weight excluding hydrogens is 260 g/mol. The van der Waals surface area contributed by atoms with Crippen molar-refractivity contribution in [3.8, 4) is 0 Å². The molecule has 2 saturated heterocycles. The highest BCUT2D eigenvalue weighted by atomic mass is 32.1. The molecule has 0 N–H and O–H groups in total. The molecule has 0 aromatic carbocycles. The Morgan fingerprint density at radius 3 is 2.95 bits per heavy atom. The molecule has 1 aromatic rings. The molecule has 0 bridgehead atoms. The van der Waals surface area contributed by atoms with Crippen molar-refractivity contribution in [2.45, 2.75) is 25.7 Å². The topological polar surface area (TPSA) is 49.3 Å². The first kappa shape index (κ1) is 11.6. The summed E-state index contributed by atoms with van der Waals surface area (Å²) in [6.07, 6.45) is 4.58. The van der Waals surface area contributed by atoms with Gasteiger partial charge >= 0.3 is 0 Å². The largest absolute Gasteiger partial charge is 0.346 e. The minimum absolute atomic E-state index is 0.255. The fourth-order valence-electron chi connectivity index (χ4n) is 3.67. The molecule has 3 heterocycles. The number of nitrogens with zero attached hydrogens (tertiary/aromatic N) is 4. The van der Waals surface area contributed by atoms with Gasteiger partial charge in [-0.15, -0.1) is 10.2 Å². The third kappa shape index (κ3) is 1.84. The Bertz CT molecular complexity index is 485. The molecule has 1 aliphatic carbocycles. The summed E-state index contributed by atoms with van der Waals surface area (Å²) in [5, 5.41) is 9.05.